The van der Waals surface area contributed by atoms with Crippen LogP contribution in [0.2, 0.25) is 0 Å². The molecule has 0 aliphatic carbocycles. The Balaban J connectivity index is 1.65. The van der Waals surface area contributed by atoms with Crippen molar-refractivity contribution in [1.82, 2.24) is 9.88 Å². The van der Waals surface area contributed by atoms with E-state index in [1.807, 2.05) is 43.3 Å². The van der Waals surface area contributed by atoms with Crippen LogP contribution < -0.4 is 5.32 Å². The Hall–Kier alpha value is -2.88. The van der Waals surface area contributed by atoms with Gasteiger partial charge in [0, 0.05) is 31.2 Å². The molecule has 4 rings (SSSR count). The lowest BCUT2D eigenvalue weighted by molar-refractivity contribution is 0.0143. The first kappa shape index (κ1) is 17.5. The number of fused-ring (bicyclic) bond motifs is 1. The first-order valence-corrected chi connectivity index (χ1v) is 9.16. The number of nitrogens with one attached hydrogen (secondary N) is 1. The Kier molecular flexibility index (Phi) is 5.05. The van der Waals surface area contributed by atoms with Gasteiger partial charge in [0.25, 0.3) is 0 Å². The predicted octanol–water partition coefficient (Wildman–Crippen LogP) is 3.49. The van der Waals surface area contributed by atoms with Crippen LogP contribution in [0, 0.1) is 18.3 Å². The number of hydrogen-bond donors (Lipinski definition) is 1. The summed E-state index contributed by atoms with van der Waals surface area (Å²) < 4.78 is 11.4. The number of morpholine rings is 1. The molecule has 0 radical (unpaired) electrons. The SMILES string of the molecule is Cc1ccc(C(CNc2c(C#N)cnc3ccccc23)N2CCOCC2)o1. The number of pyridine rings is 1. The van der Waals surface area contributed by atoms with Crippen molar-refractivity contribution < 1.29 is 9.15 Å². The summed E-state index contributed by atoms with van der Waals surface area (Å²) in [6, 6.07) is 14.2. The number of aromatic nitrogens is 1. The highest BCUT2D eigenvalue weighted by Gasteiger charge is 2.25. The topological polar surface area (TPSA) is 74.3 Å². The number of para-hydroxylation sites is 1. The minimum Gasteiger partial charge on any atom is -0.465 e. The van der Waals surface area contributed by atoms with Gasteiger partial charge in [0.15, 0.2) is 0 Å². The highest BCUT2D eigenvalue weighted by Crippen LogP contribution is 2.29. The zero-order chi connectivity index (χ0) is 18.6. The molecular formula is C21H22N4O2. The standard InChI is InChI=1S/C21H22N4O2/c1-15-6-7-20(27-15)19(25-8-10-26-11-9-25)14-24-21-16(12-22)13-23-18-5-3-2-4-17(18)21/h2-7,13,19H,8-11,14H2,1H3,(H,23,24). The summed E-state index contributed by atoms with van der Waals surface area (Å²) in [5.41, 5.74) is 2.24. The van der Waals surface area contributed by atoms with Crippen LogP contribution in [-0.2, 0) is 4.74 Å². The Bertz CT molecular complexity index is 970. The number of nitriles is 1. The Morgan fingerprint density at radius 3 is 2.78 bits per heavy atom. The molecule has 138 valence electrons. The molecule has 6 heteroatoms. The number of nitrogens with zero attached hydrogens (tertiary/aromatic N) is 3. The van der Waals surface area contributed by atoms with E-state index >= 15 is 0 Å². The van der Waals surface area contributed by atoms with E-state index in [0.717, 1.165) is 54.4 Å². The van der Waals surface area contributed by atoms with Crippen molar-refractivity contribution in [2.45, 2.75) is 13.0 Å². The van der Waals surface area contributed by atoms with Gasteiger partial charge in [-0.1, -0.05) is 18.2 Å². The summed E-state index contributed by atoms with van der Waals surface area (Å²) >= 11 is 0. The van der Waals surface area contributed by atoms with E-state index in [1.54, 1.807) is 6.20 Å². The fourth-order valence-corrected chi connectivity index (χ4v) is 3.55. The second-order valence-electron chi connectivity index (χ2n) is 6.67. The molecule has 0 bridgehead atoms. The third-order valence-electron chi connectivity index (χ3n) is 4.94. The molecule has 0 amide bonds. The van der Waals surface area contributed by atoms with Crippen LogP contribution in [0.3, 0.4) is 0 Å². The molecule has 6 nitrogen and oxygen atoms in total. The number of ether oxygens (including phenoxy) is 1. The molecule has 1 atom stereocenters. The van der Waals surface area contributed by atoms with Crippen molar-refractivity contribution >= 4 is 16.6 Å². The molecule has 1 aromatic carbocycles. The number of anilines is 1. The van der Waals surface area contributed by atoms with Crippen molar-refractivity contribution in [2.75, 3.05) is 38.2 Å². The second-order valence-corrected chi connectivity index (χ2v) is 6.67. The summed E-state index contributed by atoms with van der Waals surface area (Å²) in [7, 11) is 0. The third-order valence-corrected chi connectivity index (χ3v) is 4.94. The van der Waals surface area contributed by atoms with Crippen molar-refractivity contribution in [3.63, 3.8) is 0 Å². The van der Waals surface area contributed by atoms with Crippen molar-refractivity contribution in [3.05, 3.63) is 59.7 Å². The van der Waals surface area contributed by atoms with E-state index < -0.39 is 0 Å². The minimum atomic E-state index is 0.0704. The smallest absolute Gasteiger partial charge is 0.123 e. The quantitative estimate of drug-likeness (QED) is 0.749. The Morgan fingerprint density at radius 2 is 2.04 bits per heavy atom. The van der Waals surface area contributed by atoms with E-state index in [0.29, 0.717) is 12.1 Å². The number of benzene rings is 1. The van der Waals surface area contributed by atoms with Gasteiger partial charge in [0.1, 0.15) is 17.6 Å². The molecule has 1 unspecified atom stereocenters. The summed E-state index contributed by atoms with van der Waals surface area (Å²) in [4.78, 5) is 6.75. The fraction of sp³-hybridized carbons (Fsp3) is 0.333. The predicted molar refractivity (Wildman–Crippen MR) is 104 cm³/mol. The van der Waals surface area contributed by atoms with E-state index in [1.165, 1.54) is 0 Å². The summed E-state index contributed by atoms with van der Waals surface area (Å²) in [6.45, 7) is 5.74. The van der Waals surface area contributed by atoms with Crippen LogP contribution >= 0.6 is 0 Å². The summed E-state index contributed by atoms with van der Waals surface area (Å²) in [6.07, 6.45) is 1.63. The maximum Gasteiger partial charge on any atom is 0.123 e. The van der Waals surface area contributed by atoms with Gasteiger partial charge in [-0.05, 0) is 25.1 Å². The molecule has 27 heavy (non-hydrogen) atoms. The average molecular weight is 362 g/mol. The first-order valence-electron chi connectivity index (χ1n) is 9.16. The fourth-order valence-electron chi connectivity index (χ4n) is 3.55. The van der Waals surface area contributed by atoms with Gasteiger partial charge < -0.3 is 14.5 Å². The lowest BCUT2D eigenvalue weighted by Gasteiger charge is -2.33. The van der Waals surface area contributed by atoms with Crippen molar-refractivity contribution in [1.29, 1.82) is 5.26 Å². The molecule has 2 aromatic heterocycles. The monoisotopic (exact) mass is 362 g/mol. The van der Waals surface area contributed by atoms with Gasteiger partial charge in [-0.3, -0.25) is 9.88 Å². The third kappa shape index (κ3) is 3.65. The number of rotatable bonds is 5. The van der Waals surface area contributed by atoms with E-state index in [2.05, 4.69) is 21.3 Å². The highest BCUT2D eigenvalue weighted by molar-refractivity contribution is 5.93. The molecule has 1 N–H and O–H groups in total. The summed E-state index contributed by atoms with van der Waals surface area (Å²) in [5.74, 6) is 1.83. The van der Waals surface area contributed by atoms with Crippen LogP contribution in [0.5, 0.6) is 0 Å². The highest BCUT2D eigenvalue weighted by atomic mass is 16.5. The molecule has 1 fully saturated rings. The van der Waals surface area contributed by atoms with Crippen LogP contribution in [0.25, 0.3) is 10.9 Å². The average Bonchev–Trinajstić information content (AvgIpc) is 3.15. The Morgan fingerprint density at radius 1 is 1.22 bits per heavy atom. The molecular weight excluding hydrogens is 340 g/mol. The van der Waals surface area contributed by atoms with Gasteiger partial charge in [-0.25, -0.2) is 0 Å². The molecule has 1 saturated heterocycles. The number of aryl methyl sites for hydroxylation is 1. The maximum atomic E-state index is 9.54. The van der Waals surface area contributed by atoms with Gasteiger partial charge in [-0.2, -0.15) is 5.26 Å². The largest absolute Gasteiger partial charge is 0.465 e. The maximum absolute atomic E-state index is 9.54. The van der Waals surface area contributed by atoms with Crippen molar-refractivity contribution in [2.24, 2.45) is 0 Å². The molecule has 0 saturated carbocycles. The molecule has 1 aliphatic heterocycles. The Labute approximate surface area is 158 Å². The van der Waals surface area contributed by atoms with Gasteiger partial charge in [0.05, 0.1) is 36.0 Å². The lowest BCUT2D eigenvalue weighted by atomic mass is 10.1. The van der Waals surface area contributed by atoms with E-state index in [9.17, 15) is 5.26 Å². The minimum absolute atomic E-state index is 0.0704. The second kappa shape index (κ2) is 7.78. The molecule has 1 aliphatic rings. The molecule has 3 heterocycles. The van der Waals surface area contributed by atoms with Crippen molar-refractivity contribution in [3.8, 4) is 6.07 Å². The normalized spacial score (nSPS) is 16.1. The molecule has 0 spiro atoms. The number of hydrogen-bond acceptors (Lipinski definition) is 6. The first-order chi connectivity index (χ1) is 13.3. The zero-order valence-corrected chi connectivity index (χ0v) is 15.3. The van der Waals surface area contributed by atoms with Gasteiger partial charge in [-0.15, -0.1) is 0 Å². The van der Waals surface area contributed by atoms with Crippen LogP contribution in [-0.4, -0.2) is 42.7 Å². The zero-order valence-electron chi connectivity index (χ0n) is 15.3. The van der Waals surface area contributed by atoms with Crippen LogP contribution in [0.15, 0.2) is 47.0 Å². The van der Waals surface area contributed by atoms with Crippen LogP contribution in [0.1, 0.15) is 23.1 Å². The summed E-state index contributed by atoms with van der Waals surface area (Å²) in [5, 5.41) is 14.0. The van der Waals surface area contributed by atoms with Crippen LogP contribution in [0.4, 0.5) is 5.69 Å². The van der Waals surface area contributed by atoms with E-state index in [4.69, 9.17) is 9.15 Å². The lowest BCUT2D eigenvalue weighted by Crippen LogP contribution is -2.41. The van der Waals surface area contributed by atoms with Gasteiger partial charge in [0.2, 0.25) is 0 Å². The van der Waals surface area contributed by atoms with Gasteiger partial charge >= 0.3 is 0 Å². The van der Waals surface area contributed by atoms with E-state index in [-0.39, 0.29) is 6.04 Å². The molecule has 3 aromatic rings. The number of furan rings is 1.